The fourth-order valence-electron chi connectivity index (χ4n) is 2.47. The zero-order chi connectivity index (χ0) is 21.3. The van der Waals surface area contributed by atoms with E-state index in [1.54, 1.807) is 60.7 Å². The van der Waals surface area contributed by atoms with Gasteiger partial charge in [0.15, 0.2) is 5.75 Å². The van der Waals surface area contributed by atoms with Gasteiger partial charge in [-0.25, -0.2) is 4.79 Å². The lowest BCUT2D eigenvalue weighted by Crippen LogP contribution is -3.04. The highest BCUT2D eigenvalue weighted by molar-refractivity contribution is 5.88. The molecule has 0 aromatic heterocycles. The molecular weight excluding hydrogens is 382 g/mol. The molecule has 0 saturated heterocycles. The Bertz CT molecular complexity index is 1040. The maximum Gasteiger partial charge on any atom is 0.336 e. The van der Waals surface area contributed by atoms with Crippen LogP contribution in [-0.4, -0.2) is 5.97 Å². The minimum Gasteiger partial charge on any atom is -0.586 e. The van der Waals surface area contributed by atoms with Crippen molar-refractivity contribution in [2.45, 2.75) is 0 Å². The molecule has 1 atom stereocenters. The zero-order valence-corrected chi connectivity index (χ0v) is 16.0. The first-order valence-corrected chi connectivity index (χ1v) is 9.09. The van der Waals surface area contributed by atoms with Crippen LogP contribution >= 0.6 is 0 Å². The van der Waals surface area contributed by atoms with Gasteiger partial charge in [0.1, 0.15) is 11.9 Å². The first-order valence-electron chi connectivity index (χ1n) is 9.09. The third kappa shape index (κ3) is 6.52. The van der Waals surface area contributed by atoms with E-state index in [0.717, 1.165) is 11.1 Å². The highest BCUT2D eigenvalue weighted by Crippen LogP contribution is 2.14. The molecule has 0 heterocycles. The highest BCUT2D eigenvalue weighted by atomic mass is 16.9. The largest absolute Gasteiger partial charge is 0.586 e. The number of quaternary nitrogens is 1. The standard InChI is InChI=1S/C23H21N3O4/c24-19-5-9-21(10-6-19)29-23(27)13-4-17-2-1-3-18(16-17)14-15-26(28)30-22-11-7-20(25)8-12-22/h1-16,26H,24-25H2/b13-4+,15-14+. The van der Waals surface area contributed by atoms with Crippen molar-refractivity contribution in [1.82, 2.24) is 0 Å². The van der Waals surface area contributed by atoms with Crippen molar-refractivity contribution in [3.05, 3.63) is 101 Å². The van der Waals surface area contributed by atoms with Crippen LogP contribution in [0.2, 0.25) is 0 Å². The van der Waals surface area contributed by atoms with Gasteiger partial charge in [-0.3, -0.25) is 0 Å². The number of carbonyl (C=O) groups excluding carboxylic acids is 1. The number of anilines is 2. The molecule has 7 heteroatoms. The summed E-state index contributed by atoms with van der Waals surface area (Å²) in [5.41, 5.74) is 13.9. The van der Waals surface area contributed by atoms with Gasteiger partial charge in [0.05, 0.1) is 0 Å². The van der Waals surface area contributed by atoms with Crippen LogP contribution in [0.4, 0.5) is 11.4 Å². The van der Waals surface area contributed by atoms with Gasteiger partial charge in [-0.05, 0) is 71.8 Å². The molecule has 0 aliphatic rings. The number of esters is 1. The van der Waals surface area contributed by atoms with Crippen LogP contribution in [0.5, 0.6) is 11.5 Å². The van der Waals surface area contributed by atoms with Gasteiger partial charge in [0.25, 0.3) is 0 Å². The second kappa shape index (κ2) is 9.92. The molecule has 7 nitrogen and oxygen atoms in total. The Morgan fingerprint density at radius 1 is 0.833 bits per heavy atom. The summed E-state index contributed by atoms with van der Waals surface area (Å²) in [5.74, 6) is 0.318. The lowest BCUT2D eigenvalue weighted by Gasteiger charge is -2.15. The lowest BCUT2D eigenvalue weighted by atomic mass is 10.1. The van der Waals surface area contributed by atoms with E-state index in [0.29, 0.717) is 22.9 Å². The Labute approximate surface area is 174 Å². The molecule has 152 valence electrons. The first-order chi connectivity index (χ1) is 14.5. The van der Waals surface area contributed by atoms with E-state index in [2.05, 4.69) is 0 Å². The molecule has 1 unspecified atom stereocenters. The molecule has 0 fully saturated rings. The Hall–Kier alpha value is -4.07. The molecule has 3 aromatic carbocycles. The Balaban J connectivity index is 1.57. The zero-order valence-electron chi connectivity index (χ0n) is 16.0. The Morgan fingerprint density at radius 3 is 2.03 bits per heavy atom. The minimum atomic E-state index is -0.507. The predicted octanol–water partition coefficient (Wildman–Crippen LogP) is 2.82. The summed E-state index contributed by atoms with van der Waals surface area (Å²) in [6, 6.07) is 20.4. The molecule has 30 heavy (non-hydrogen) atoms. The summed E-state index contributed by atoms with van der Waals surface area (Å²) in [5, 5.41) is 11.4. The Morgan fingerprint density at radius 2 is 1.40 bits per heavy atom. The van der Waals surface area contributed by atoms with Gasteiger partial charge < -0.3 is 26.2 Å². The van der Waals surface area contributed by atoms with Gasteiger partial charge >= 0.3 is 5.97 Å². The molecule has 0 aliphatic heterocycles. The summed E-state index contributed by atoms with van der Waals surface area (Å²) >= 11 is 0. The van der Waals surface area contributed by atoms with Crippen LogP contribution in [0.25, 0.3) is 12.2 Å². The SMILES string of the molecule is Nc1ccc(OC(=O)/C=C/c2cccc(/C=C/[NH+]([O-])Oc3ccc(N)cc3)c2)cc1. The number of rotatable bonds is 7. The van der Waals surface area contributed by atoms with Crippen molar-refractivity contribution in [3.63, 3.8) is 0 Å². The number of hydrogen-bond donors (Lipinski definition) is 3. The molecular formula is C23H21N3O4. The topological polar surface area (TPSA) is 115 Å². The number of hydroxylamine groups is 2. The summed E-state index contributed by atoms with van der Waals surface area (Å²) < 4.78 is 5.20. The number of hydrogen-bond acceptors (Lipinski definition) is 6. The quantitative estimate of drug-likeness (QED) is 0.184. The smallest absolute Gasteiger partial charge is 0.336 e. The van der Waals surface area contributed by atoms with Gasteiger partial charge in [-0.15, -0.1) is 0 Å². The van der Waals surface area contributed by atoms with Crippen molar-refractivity contribution in [2.75, 3.05) is 11.5 Å². The van der Waals surface area contributed by atoms with Crippen LogP contribution in [0.1, 0.15) is 11.1 Å². The number of ether oxygens (including phenoxy) is 1. The van der Waals surface area contributed by atoms with E-state index in [9.17, 15) is 10.0 Å². The summed E-state index contributed by atoms with van der Waals surface area (Å²) in [6.07, 6.45) is 5.91. The van der Waals surface area contributed by atoms with Gasteiger partial charge in [-0.2, -0.15) is 5.23 Å². The second-order valence-corrected chi connectivity index (χ2v) is 6.32. The lowest BCUT2D eigenvalue weighted by molar-refractivity contribution is -0.974. The summed E-state index contributed by atoms with van der Waals surface area (Å²) in [6.45, 7) is 0. The molecule has 0 saturated carbocycles. The second-order valence-electron chi connectivity index (χ2n) is 6.32. The fraction of sp³-hybridized carbons (Fsp3) is 0. The van der Waals surface area contributed by atoms with Gasteiger partial charge in [0.2, 0.25) is 0 Å². The molecule has 0 aliphatic carbocycles. The molecule has 0 radical (unpaired) electrons. The predicted molar refractivity (Wildman–Crippen MR) is 117 cm³/mol. The maximum atomic E-state index is 11.9. The molecule has 5 N–H and O–H groups in total. The van der Waals surface area contributed by atoms with Crippen LogP contribution < -0.4 is 26.3 Å². The number of nitrogens with two attached hydrogens (primary N) is 2. The van der Waals surface area contributed by atoms with Gasteiger partial charge in [0, 0.05) is 23.5 Å². The average Bonchev–Trinajstić information content (AvgIpc) is 2.74. The van der Waals surface area contributed by atoms with E-state index in [4.69, 9.17) is 21.0 Å². The number of carbonyl (C=O) groups is 1. The molecule has 3 rings (SSSR count). The van der Waals surface area contributed by atoms with Crippen LogP contribution in [0.3, 0.4) is 0 Å². The van der Waals surface area contributed by atoms with E-state index in [1.807, 2.05) is 24.3 Å². The van der Waals surface area contributed by atoms with E-state index < -0.39 is 11.2 Å². The van der Waals surface area contributed by atoms with E-state index in [-0.39, 0.29) is 0 Å². The third-order valence-electron chi connectivity index (χ3n) is 3.93. The van der Waals surface area contributed by atoms with Gasteiger partial charge in [-0.1, -0.05) is 18.2 Å². The van der Waals surface area contributed by atoms with Crippen molar-refractivity contribution in [3.8, 4) is 11.5 Å². The maximum absolute atomic E-state index is 11.9. The summed E-state index contributed by atoms with van der Waals surface area (Å²) in [7, 11) is 0. The van der Waals surface area contributed by atoms with Crippen molar-refractivity contribution in [1.29, 1.82) is 0 Å². The third-order valence-corrected chi connectivity index (χ3v) is 3.93. The van der Waals surface area contributed by atoms with Crippen molar-refractivity contribution >= 4 is 29.5 Å². The fourth-order valence-corrected chi connectivity index (χ4v) is 2.47. The first kappa shape index (κ1) is 20.7. The molecule has 0 spiro atoms. The Kier molecular flexibility index (Phi) is 6.83. The number of nitrogen functional groups attached to an aromatic ring is 2. The van der Waals surface area contributed by atoms with Crippen molar-refractivity contribution < 1.29 is 19.6 Å². The molecule has 0 bridgehead atoms. The normalized spacial score (nSPS) is 12.2. The van der Waals surface area contributed by atoms with Crippen LogP contribution in [0.15, 0.2) is 85.1 Å². The van der Waals surface area contributed by atoms with E-state index in [1.165, 1.54) is 12.3 Å². The molecule has 3 aromatic rings. The average molecular weight is 403 g/mol. The monoisotopic (exact) mass is 403 g/mol. The number of nitrogens with one attached hydrogen (secondary N) is 1. The highest BCUT2D eigenvalue weighted by Gasteiger charge is 2.01. The summed E-state index contributed by atoms with van der Waals surface area (Å²) in [4.78, 5) is 17.1. The van der Waals surface area contributed by atoms with Crippen molar-refractivity contribution in [2.24, 2.45) is 0 Å². The number of benzene rings is 3. The van der Waals surface area contributed by atoms with E-state index >= 15 is 0 Å². The van der Waals surface area contributed by atoms with Crippen LogP contribution in [-0.2, 0) is 4.79 Å². The minimum absolute atomic E-state index is 0.412. The molecule has 0 amide bonds. The van der Waals surface area contributed by atoms with Crippen LogP contribution in [0, 0.1) is 5.21 Å².